The van der Waals surface area contributed by atoms with E-state index in [2.05, 4.69) is 0 Å². The predicted molar refractivity (Wildman–Crippen MR) is 62.9 cm³/mol. The van der Waals surface area contributed by atoms with Crippen LogP contribution in [0.3, 0.4) is 0 Å². The Kier molecular flexibility index (Phi) is 5.20. The Morgan fingerprint density at radius 1 is 1.24 bits per heavy atom. The summed E-state index contributed by atoms with van der Waals surface area (Å²) in [6, 6.07) is 7.31. The van der Waals surface area contributed by atoms with Crippen LogP contribution in [0.25, 0.3) is 0 Å². The number of hydrogen-bond donors (Lipinski definition) is 1. The lowest BCUT2D eigenvalue weighted by molar-refractivity contribution is -0.142. The molecule has 1 rings (SSSR count). The normalized spacial score (nSPS) is 9.94. The highest BCUT2D eigenvalue weighted by Gasteiger charge is 2.10. The van der Waals surface area contributed by atoms with E-state index >= 15 is 0 Å². The van der Waals surface area contributed by atoms with E-state index in [9.17, 15) is 9.59 Å². The molecule has 1 aromatic carbocycles. The van der Waals surface area contributed by atoms with Gasteiger partial charge in [0.15, 0.2) is 0 Å². The number of carbonyl (C=O) groups excluding carboxylic acids is 1. The molecule has 0 aliphatic heterocycles. The zero-order valence-corrected chi connectivity index (χ0v) is 9.81. The molecule has 0 amide bonds. The number of carboxylic acids is 1. The van der Waals surface area contributed by atoms with Gasteiger partial charge in [0.25, 0.3) is 0 Å². The first-order chi connectivity index (χ1) is 8.13. The third kappa shape index (κ3) is 4.68. The van der Waals surface area contributed by atoms with Gasteiger partial charge in [0.1, 0.15) is 5.75 Å². The number of carbonyl (C=O) groups is 2. The van der Waals surface area contributed by atoms with Gasteiger partial charge in [0.2, 0.25) is 0 Å². The molecule has 1 aromatic rings. The molecule has 0 saturated carbocycles. The van der Waals surface area contributed by atoms with Crippen LogP contribution in [0.1, 0.15) is 31.7 Å². The second-order valence-electron chi connectivity index (χ2n) is 3.73. The molecule has 92 valence electrons. The SMILES string of the molecule is CCCc1ccccc1OC(=O)CCC(=O)O. The van der Waals surface area contributed by atoms with Gasteiger partial charge in [-0.2, -0.15) is 0 Å². The Balaban J connectivity index is 2.61. The van der Waals surface area contributed by atoms with Gasteiger partial charge in [0, 0.05) is 0 Å². The van der Waals surface area contributed by atoms with Gasteiger partial charge < -0.3 is 9.84 Å². The van der Waals surface area contributed by atoms with Crippen LogP contribution in [0.15, 0.2) is 24.3 Å². The van der Waals surface area contributed by atoms with Gasteiger partial charge in [-0.1, -0.05) is 31.5 Å². The fourth-order valence-corrected chi connectivity index (χ4v) is 1.46. The number of hydrogen-bond acceptors (Lipinski definition) is 3. The predicted octanol–water partition coefficient (Wildman–Crippen LogP) is 2.41. The van der Waals surface area contributed by atoms with Crippen molar-refractivity contribution >= 4 is 11.9 Å². The third-order valence-corrected chi connectivity index (χ3v) is 2.26. The number of aliphatic carboxylic acids is 1. The second-order valence-corrected chi connectivity index (χ2v) is 3.73. The Bertz CT molecular complexity index is 398. The largest absolute Gasteiger partial charge is 0.481 e. The Labute approximate surface area is 100 Å². The highest BCUT2D eigenvalue weighted by atomic mass is 16.5. The number of rotatable bonds is 6. The van der Waals surface area contributed by atoms with Gasteiger partial charge in [-0.15, -0.1) is 0 Å². The summed E-state index contributed by atoms with van der Waals surface area (Å²) in [6.45, 7) is 2.04. The van der Waals surface area contributed by atoms with Crippen molar-refractivity contribution in [3.05, 3.63) is 29.8 Å². The van der Waals surface area contributed by atoms with E-state index in [1.54, 1.807) is 12.1 Å². The maximum atomic E-state index is 11.4. The molecule has 0 unspecified atom stereocenters. The lowest BCUT2D eigenvalue weighted by atomic mass is 10.1. The summed E-state index contributed by atoms with van der Waals surface area (Å²) >= 11 is 0. The zero-order chi connectivity index (χ0) is 12.7. The van der Waals surface area contributed by atoms with Crippen molar-refractivity contribution < 1.29 is 19.4 Å². The summed E-state index contributed by atoms with van der Waals surface area (Å²) in [5.41, 5.74) is 0.971. The Morgan fingerprint density at radius 3 is 2.59 bits per heavy atom. The maximum Gasteiger partial charge on any atom is 0.311 e. The lowest BCUT2D eigenvalue weighted by Gasteiger charge is -2.08. The molecule has 0 saturated heterocycles. The molecule has 1 N–H and O–H groups in total. The summed E-state index contributed by atoms with van der Waals surface area (Å²) in [5, 5.41) is 8.46. The van der Waals surface area contributed by atoms with Crippen molar-refractivity contribution in [1.82, 2.24) is 0 Å². The number of benzene rings is 1. The molecule has 4 nitrogen and oxygen atoms in total. The molecule has 0 bridgehead atoms. The third-order valence-electron chi connectivity index (χ3n) is 2.26. The van der Waals surface area contributed by atoms with E-state index < -0.39 is 11.9 Å². The number of aryl methyl sites for hydroxylation is 1. The highest BCUT2D eigenvalue weighted by molar-refractivity contribution is 5.78. The van der Waals surface area contributed by atoms with Crippen molar-refractivity contribution in [3.63, 3.8) is 0 Å². The molecule has 0 aliphatic rings. The quantitative estimate of drug-likeness (QED) is 0.608. The molecule has 0 atom stereocenters. The van der Waals surface area contributed by atoms with Gasteiger partial charge in [-0.05, 0) is 18.1 Å². The summed E-state index contributed by atoms with van der Waals surface area (Å²) in [6.07, 6.45) is 1.50. The van der Waals surface area contributed by atoms with E-state index in [4.69, 9.17) is 9.84 Å². The standard InChI is InChI=1S/C13H16O4/c1-2-5-10-6-3-4-7-11(10)17-13(16)9-8-12(14)15/h3-4,6-7H,2,5,8-9H2,1H3,(H,14,15). The van der Waals surface area contributed by atoms with Crippen molar-refractivity contribution in [2.24, 2.45) is 0 Å². The summed E-state index contributed by atoms with van der Waals surface area (Å²) in [4.78, 5) is 21.7. The number of carboxylic acid groups (broad SMARTS) is 1. The molecule has 0 heterocycles. The molecule has 0 radical (unpaired) electrons. The Morgan fingerprint density at radius 2 is 1.94 bits per heavy atom. The lowest BCUT2D eigenvalue weighted by Crippen LogP contribution is -2.11. The van der Waals surface area contributed by atoms with Crippen molar-refractivity contribution in [2.75, 3.05) is 0 Å². The number of para-hydroxylation sites is 1. The van der Waals surface area contributed by atoms with E-state index in [1.165, 1.54) is 0 Å². The van der Waals surface area contributed by atoms with Crippen LogP contribution in [0.4, 0.5) is 0 Å². The maximum absolute atomic E-state index is 11.4. The first-order valence-electron chi connectivity index (χ1n) is 5.64. The molecule has 0 aromatic heterocycles. The molecular formula is C13H16O4. The van der Waals surface area contributed by atoms with Crippen molar-refractivity contribution in [2.45, 2.75) is 32.6 Å². The van der Waals surface area contributed by atoms with Crippen LogP contribution in [0.5, 0.6) is 5.75 Å². The minimum Gasteiger partial charge on any atom is -0.481 e. The van der Waals surface area contributed by atoms with Gasteiger partial charge in [-0.25, -0.2) is 0 Å². The van der Waals surface area contributed by atoms with E-state index in [1.807, 2.05) is 19.1 Å². The average Bonchev–Trinajstić information content (AvgIpc) is 2.29. The molecule has 0 spiro atoms. The second kappa shape index (κ2) is 6.68. The topological polar surface area (TPSA) is 63.6 Å². The highest BCUT2D eigenvalue weighted by Crippen LogP contribution is 2.20. The fraction of sp³-hybridized carbons (Fsp3) is 0.385. The number of ether oxygens (including phenoxy) is 1. The molecule has 17 heavy (non-hydrogen) atoms. The van der Waals surface area contributed by atoms with Crippen LogP contribution < -0.4 is 4.74 Å². The van der Waals surface area contributed by atoms with Crippen molar-refractivity contribution in [3.8, 4) is 5.75 Å². The van der Waals surface area contributed by atoms with Crippen LogP contribution >= 0.6 is 0 Å². The molecule has 4 heteroatoms. The Hall–Kier alpha value is -1.84. The minimum atomic E-state index is -0.996. The van der Waals surface area contributed by atoms with E-state index in [-0.39, 0.29) is 12.8 Å². The summed E-state index contributed by atoms with van der Waals surface area (Å²) in [5.74, 6) is -0.968. The van der Waals surface area contributed by atoms with Gasteiger partial charge in [-0.3, -0.25) is 9.59 Å². The zero-order valence-electron chi connectivity index (χ0n) is 9.81. The molecule has 0 fully saturated rings. The monoisotopic (exact) mass is 236 g/mol. The number of esters is 1. The van der Waals surface area contributed by atoms with E-state index in [0.717, 1.165) is 18.4 Å². The van der Waals surface area contributed by atoms with Crippen LogP contribution in [0.2, 0.25) is 0 Å². The van der Waals surface area contributed by atoms with Crippen molar-refractivity contribution in [1.29, 1.82) is 0 Å². The smallest absolute Gasteiger partial charge is 0.311 e. The summed E-state index contributed by atoms with van der Waals surface area (Å²) < 4.78 is 5.15. The summed E-state index contributed by atoms with van der Waals surface area (Å²) in [7, 11) is 0. The molecular weight excluding hydrogens is 220 g/mol. The minimum absolute atomic E-state index is 0.101. The average molecular weight is 236 g/mol. The fourth-order valence-electron chi connectivity index (χ4n) is 1.46. The first-order valence-corrected chi connectivity index (χ1v) is 5.64. The van der Waals surface area contributed by atoms with Crippen LogP contribution in [0, 0.1) is 0 Å². The van der Waals surface area contributed by atoms with Gasteiger partial charge in [0.05, 0.1) is 12.8 Å². The van der Waals surface area contributed by atoms with Crippen LogP contribution in [-0.2, 0) is 16.0 Å². The van der Waals surface area contributed by atoms with Crippen LogP contribution in [-0.4, -0.2) is 17.0 Å². The van der Waals surface area contributed by atoms with Gasteiger partial charge >= 0.3 is 11.9 Å². The first kappa shape index (κ1) is 13.2. The van der Waals surface area contributed by atoms with E-state index in [0.29, 0.717) is 5.75 Å². The molecule has 0 aliphatic carbocycles.